The van der Waals surface area contributed by atoms with E-state index in [9.17, 15) is 14.4 Å². The van der Waals surface area contributed by atoms with Gasteiger partial charge in [0.25, 0.3) is 0 Å². The fraction of sp³-hybridized carbons (Fsp3) is 0.429. The lowest BCUT2D eigenvalue weighted by Gasteiger charge is -1.92. The lowest BCUT2D eigenvalue weighted by atomic mass is 10.2. The minimum Gasteiger partial charge on any atom is -0.478 e. The van der Waals surface area contributed by atoms with Crippen LogP contribution in [0.4, 0.5) is 0 Å². The molecule has 21 heavy (non-hydrogen) atoms. The Kier molecular flexibility index (Phi) is 15.1. The summed E-state index contributed by atoms with van der Waals surface area (Å²) in [5.41, 5.74) is 0.270. The molecule has 0 aromatic heterocycles. The van der Waals surface area contributed by atoms with Crippen LogP contribution in [0.5, 0.6) is 0 Å². The quantitative estimate of drug-likeness (QED) is 0.193. The molecule has 0 fully saturated rings. The van der Waals surface area contributed by atoms with Gasteiger partial charge in [-0.05, 0) is 20.3 Å². The Hall–Kier alpha value is -2.71. The molecule has 0 aliphatic rings. The standard InChI is InChI=1S/C7H9NO3.C7H9NO2/c1-6(7(10)11)3-2-4-8-5-9;1-3-4-7(9)10-6-5-8-2/h3H,2,4H2,1H3,(H,10,11);3-4H,5-6H2,1H3. The Labute approximate surface area is 123 Å². The number of aliphatic imine (C=N–C) groups is 1. The highest BCUT2D eigenvalue weighted by molar-refractivity contribution is 5.85. The van der Waals surface area contributed by atoms with Crippen LogP contribution in [0.3, 0.4) is 0 Å². The summed E-state index contributed by atoms with van der Waals surface area (Å²) < 4.78 is 4.58. The van der Waals surface area contributed by atoms with Crippen molar-refractivity contribution in [3.05, 3.63) is 35.2 Å². The van der Waals surface area contributed by atoms with Crippen LogP contribution in [0, 0.1) is 6.57 Å². The van der Waals surface area contributed by atoms with Crippen molar-refractivity contribution < 1.29 is 24.2 Å². The van der Waals surface area contributed by atoms with Crippen LogP contribution in [0.2, 0.25) is 0 Å². The molecular formula is C14H18N2O5. The first kappa shape index (κ1) is 20.6. The van der Waals surface area contributed by atoms with Crippen LogP contribution in [0.15, 0.2) is 28.8 Å². The molecule has 0 saturated carbocycles. The zero-order valence-electron chi connectivity index (χ0n) is 12.0. The van der Waals surface area contributed by atoms with Crippen molar-refractivity contribution in [1.29, 1.82) is 0 Å². The number of aliphatic carboxylic acids is 1. The summed E-state index contributed by atoms with van der Waals surface area (Å²) >= 11 is 0. The van der Waals surface area contributed by atoms with E-state index in [1.54, 1.807) is 13.0 Å². The zero-order valence-corrected chi connectivity index (χ0v) is 12.0. The molecule has 0 saturated heterocycles. The molecule has 0 aliphatic carbocycles. The van der Waals surface area contributed by atoms with Crippen molar-refractivity contribution in [2.75, 3.05) is 19.7 Å². The first-order valence-corrected chi connectivity index (χ1v) is 6.05. The largest absolute Gasteiger partial charge is 0.478 e. The number of carbonyl (C=O) groups is 2. The van der Waals surface area contributed by atoms with Gasteiger partial charge >= 0.3 is 11.9 Å². The lowest BCUT2D eigenvalue weighted by Crippen LogP contribution is -2.03. The molecule has 0 bridgehead atoms. The number of carbonyl (C=O) groups excluding carboxylic acids is 2. The highest BCUT2D eigenvalue weighted by atomic mass is 16.5. The van der Waals surface area contributed by atoms with Gasteiger partial charge in [-0.1, -0.05) is 12.2 Å². The van der Waals surface area contributed by atoms with Crippen LogP contribution in [0.25, 0.3) is 4.85 Å². The minimum absolute atomic E-state index is 0.187. The molecular weight excluding hydrogens is 276 g/mol. The second-order valence-corrected chi connectivity index (χ2v) is 3.50. The van der Waals surface area contributed by atoms with E-state index < -0.39 is 5.97 Å². The van der Waals surface area contributed by atoms with E-state index in [0.29, 0.717) is 13.0 Å². The molecule has 114 valence electrons. The average molecular weight is 294 g/mol. The first-order valence-electron chi connectivity index (χ1n) is 6.05. The van der Waals surface area contributed by atoms with Crippen molar-refractivity contribution in [2.45, 2.75) is 20.3 Å². The van der Waals surface area contributed by atoms with Gasteiger partial charge in [-0.2, -0.15) is 0 Å². The topological polar surface area (TPSA) is 97.4 Å². The SMILES string of the molecule is CC(=CCCN=C=O)C(=O)O.[C-]#[N+]CCOC(=O)C=CC. The Bertz CT molecular complexity index is 468. The van der Waals surface area contributed by atoms with Gasteiger partial charge in [0.2, 0.25) is 12.6 Å². The predicted octanol–water partition coefficient (Wildman–Crippen LogP) is 1.77. The van der Waals surface area contributed by atoms with Crippen LogP contribution >= 0.6 is 0 Å². The second kappa shape index (κ2) is 15.3. The predicted molar refractivity (Wildman–Crippen MR) is 76.2 cm³/mol. The molecule has 0 aliphatic heterocycles. The molecule has 0 radical (unpaired) electrons. The number of nitrogens with zero attached hydrogens (tertiary/aromatic N) is 2. The van der Waals surface area contributed by atoms with Crippen LogP contribution in [-0.2, 0) is 19.1 Å². The van der Waals surface area contributed by atoms with Gasteiger partial charge in [-0.25, -0.2) is 25.9 Å². The molecule has 0 spiro atoms. The zero-order chi connectivity index (χ0) is 16.5. The van der Waals surface area contributed by atoms with Gasteiger partial charge in [-0.3, -0.25) is 0 Å². The number of allylic oxidation sites excluding steroid dienone is 1. The fourth-order valence-electron chi connectivity index (χ4n) is 0.855. The summed E-state index contributed by atoms with van der Waals surface area (Å²) in [4.78, 5) is 36.5. The molecule has 7 nitrogen and oxygen atoms in total. The smallest absolute Gasteiger partial charge is 0.330 e. The second-order valence-electron chi connectivity index (χ2n) is 3.50. The summed E-state index contributed by atoms with van der Waals surface area (Å²) in [6.07, 6.45) is 6.27. The summed E-state index contributed by atoms with van der Waals surface area (Å²) in [7, 11) is 0. The molecule has 1 N–H and O–H groups in total. The molecule has 0 unspecified atom stereocenters. The number of hydrogen-bond donors (Lipinski definition) is 1. The fourth-order valence-corrected chi connectivity index (χ4v) is 0.855. The highest BCUT2D eigenvalue weighted by Crippen LogP contribution is 1.94. The summed E-state index contributed by atoms with van der Waals surface area (Å²) in [5.74, 6) is -1.33. The van der Waals surface area contributed by atoms with Gasteiger partial charge in [0.05, 0.1) is 6.54 Å². The maximum atomic E-state index is 10.5. The van der Waals surface area contributed by atoms with E-state index in [1.165, 1.54) is 25.2 Å². The van der Waals surface area contributed by atoms with Crippen molar-refractivity contribution in [2.24, 2.45) is 4.99 Å². The Morgan fingerprint density at radius 1 is 1.48 bits per heavy atom. The van der Waals surface area contributed by atoms with Crippen molar-refractivity contribution in [1.82, 2.24) is 0 Å². The summed E-state index contributed by atoms with van der Waals surface area (Å²) in [6.45, 7) is 10.3. The lowest BCUT2D eigenvalue weighted by molar-refractivity contribution is -0.137. The average Bonchev–Trinajstić information content (AvgIpc) is 2.44. The maximum Gasteiger partial charge on any atom is 0.330 e. The third-order valence-electron chi connectivity index (χ3n) is 1.84. The number of ether oxygens (including phenoxy) is 1. The minimum atomic E-state index is -0.944. The third-order valence-corrected chi connectivity index (χ3v) is 1.84. The van der Waals surface area contributed by atoms with Crippen molar-refractivity contribution in [3.63, 3.8) is 0 Å². The Balaban J connectivity index is 0. The van der Waals surface area contributed by atoms with E-state index in [-0.39, 0.29) is 24.7 Å². The number of hydrogen-bond acceptors (Lipinski definition) is 5. The van der Waals surface area contributed by atoms with E-state index in [0.717, 1.165) is 0 Å². The molecule has 0 aromatic rings. The third kappa shape index (κ3) is 17.3. The molecule has 0 amide bonds. The van der Waals surface area contributed by atoms with Gasteiger partial charge in [0, 0.05) is 11.6 Å². The summed E-state index contributed by atoms with van der Waals surface area (Å²) in [6, 6.07) is 0. The molecule has 0 aromatic carbocycles. The van der Waals surface area contributed by atoms with Crippen LogP contribution in [-0.4, -0.2) is 42.8 Å². The van der Waals surface area contributed by atoms with Gasteiger partial charge in [-0.15, -0.1) is 0 Å². The highest BCUT2D eigenvalue weighted by Gasteiger charge is 1.96. The van der Waals surface area contributed by atoms with E-state index >= 15 is 0 Å². The molecule has 7 heteroatoms. The number of carboxylic acids is 1. The number of carboxylic acid groups (broad SMARTS) is 1. The number of isocyanates is 1. The van der Waals surface area contributed by atoms with Gasteiger partial charge in [0.15, 0.2) is 6.61 Å². The monoisotopic (exact) mass is 294 g/mol. The summed E-state index contributed by atoms with van der Waals surface area (Å²) in [5, 5.41) is 8.36. The van der Waals surface area contributed by atoms with E-state index in [4.69, 9.17) is 11.7 Å². The van der Waals surface area contributed by atoms with Crippen molar-refractivity contribution in [3.8, 4) is 0 Å². The molecule has 0 heterocycles. The van der Waals surface area contributed by atoms with Gasteiger partial charge < -0.3 is 14.7 Å². The van der Waals surface area contributed by atoms with E-state index in [1.807, 2.05) is 0 Å². The number of rotatable bonds is 7. The Morgan fingerprint density at radius 3 is 2.62 bits per heavy atom. The van der Waals surface area contributed by atoms with Crippen LogP contribution in [0.1, 0.15) is 20.3 Å². The number of esters is 1. The maximum absolute atomic E-state index is 10.5. The van der Waals surface area contributed by atoms with Crippen LogP contribution < -0.4 is 0 Å². The molecule has 0 rings (SSSR count). The normalized spacial score (nSPS) is 9.86. The van der Waals surface area contributed by atoms with Gasteiger partial charge in [0.1, 0.15) is 0 Å². The molecule has 0 atom stereocenters. The Morgan fingerprint density at radius 2 is 2.14 bits per heavy atom. The van der Waals surface area contributed by atoms with E-state index in [2.05, 4.69) is 14.6 Å². The van der Waals surface area contributed by atoms with Crippen molar-refractivity contribution >= 4 is 18.0 Å². The first-order chi connectivity index (χ1) is 9.99.